The summed E-state index contributed by atoms with van der Waals surface area (Å²) in [6, 6.07) is 41.6. The van der Waals surface area contributed by atoms with Crippen LogP contribution in [0, 0.1) is 127 Å². The van der Waals surface area contributed by atoms with Crippen LogP contribution in [0.4, 0.5) is 4.79 Å². The van der Waals surface area contributed by atoms with E-state index in [0.717, 1.165) is 214 Å². The van der Waals surface area contributed by atoms with E-state index in [1.54, 1.807) is 21.3 Å². The van der Waals surface area contributed by atoms with Crippen molar-refractivity contribution in [1.29, 1.82) is 0 Å². The molecule has 2 spiro atoms. The van der Waals surface area contributed by atoms with Crippen LogP contribution in [0.5, 0.6) is 17.2 Å². The molecular formula is C113H145BN4NaO17. The maximum absolute atomic E-state index is 13.6. The molecule has 20 aliphatic rings. The fourth-order valence-corrected chi connectivity index (χ4v) is 30.7. The van der Waals surface area contributed by atoms with Crippen molar-refractivity contribution in [2.45, 2.75) is 288 Å². The zero-order chi connectivity index (χ0) is 94.5. The van der Waals surface area contributed by atoms with Crippen LogP contribution in [-0.2, 0) is 79.9 Å². The molecule has 6 aromatic rings. The van der Waals surface area contributed by atoms with Crippen LogP contribution >= 0.6 is 0 Å². The predicted octanol–water partition coefficient (Wildman–Crippen LogP) is 15.8. The van der Waals surface area contributed by atoms with Crippen molar-refractivity contribution in [3.8, 4) is 17.2 Å². The summed E-state index contributed by atoms with van der Waals surface area (Å²) in [5.41, 5.74) is 20.2. The van der Waals surface area contributed by atoms with Gasteiger partial charge in [-0.25, -0.2) is 4.79 Å². The molecule has 0 aromatic heterocycles. The number of ether oxygens (including phenoxy) is 4. The second kappa shape index (κ2) is 42.1. The number of carbonyl (C=O) groups excluding carboxylic acids is 6. The number of ketones is 4. The van der Waals surface area contributed by atoms with Crippen LogP contribution in [0.1, 0.15) is 278 Å². The molecule has 136 heavy (non-hydrogen) atoms. The molecule has 2 amide bonds. The number of aryl methyl sites for hydroxylation is 7. The van der Waals surface area contributed by atoms with Crippen molar-refractivity contribution >= 4 is 61.5 Å². The molecule has 10 atom stereocenters. The first-order valence-electron chi connectivity index (χ1n) is 50.5. The number of Topliss-reactive ketones (excluding diaryl/α,β-unsaturated/α-hetero) is 4. The molecule has 18 aliphatic carbocycles. The van der Waals surface area contributed by atoms with E-state index < -0.39 is 23.3 Å². The molecule has 21 nitrogen and oxygen atoms in total. The maximum atomic E-state index is 13.6. The van der Waals surface area contributed by atoms with Gasteiger partial charge in [-0.2, -0.15) is 0 Å². The molecule has 8 N–H and O–H groups in total. The number of amides is 2. The number of methoxy groups -OCH3 is 3. The second-order valence-corrected chi connectivity index (χ2v) is 45.0. The number of benzene rings is 6. The van der Waals surface area contributed by atoms with E-state index in [-0.39, 0.29) is 151 Å². The van der Waals surface area contributed by atoms with E-state index >= 15 is 0 Å². The summed E-state index contributed by atoms with van der Waals surface area (Å²) in [6.07, 6.45) is 27.2. The minimum Gasteiger partial charge on any atom is -1.00 e. The molecule has 3 radical (unpaired) electrons. The third-order valence-electron chi connectivity index (χ3n) is 35.6. The first-order valence-corrected chi connectivity index (χ1v) is 50.5. The number of carboxylic acids is 3. The monoisotopic (exact) mass is 1860 g/mol. The van der Waals surface area contributed by atoms with Gasteiger partial charge in [0.05, 0.1) is 51.1 Å². The van der Waals surface area contributed by atoms with Gasteiger partial charge >= 0.3 is 53.6 Å². The van der Waals surface area contributed by atoms with E-state index in [1.807, 2.05) is 66.4 Å². The third kappa shape index (κ3) is 21.5. The first kappa shape index (κ1) is 102. The molecule has 26 rings (SSSR count). The molecule has 2 saturated heterocycles. The van der Waals surface area contributed by atoms with Crippen molar-refractivity contribution in [2.75, 3.05) is 47.5 Å². The largest absolute Gasteiger partial charge is 1.00 e. The number of aliphatic carboxylic acids is 3. The number of hydrogen-bond acceptors (Lipinski definition) is 16. The van der Waals surface area contributed by atoms with Gasteiger partial charge in [-0.15, -0.1) is 0 Å². The number of rotatable bonds is 21. The Balaban J connectivity index is 0.000000138. The number of piperidine rings is 2. The molecule has 6 aromatic carbocycles. The van der Waals surface area contributed by atoms with Crippen molar-refractivity contribution in [3.63, 3.8) is 0 Å². The quantitative estimate of drug-likeness (QED) is 0.0329. The molecule has 723 valence electrons. The number of fused-ring (bicyclic) bond motifs is 4. The normalized spacial score (nSPS) is 31.6. The average molecular weight is 1870 g/mol. The van der Waals surface area contributed by atoms with Crippen molar-refractivity contribution in [2.24, 2.45) is 98.4 Å². The summed E-state index contributed by atoms with van der Waals surface area (Å²) < 4.78 is 22.1. The zero-order valence-corrected chi connectivity index (χ0v) is 83.9. The predicted molar refractivity (Wildman–Crippen MR) is 519 cm³/mol. The van der Waals surface area contributed by atoms with Gasteiger partial charge in [-0.1, -0.05) is 96.1 Å². The molecule has 16 bridgehead atoms. The Bertz CT molecular complexity index is 5320. The van der Waals surface area contributed by atoms with Gasteiger partial charge < -0.3 is 62.1 Å². The van der Waals surface area contributed by atoms with E-state index in [0.29, 0.717) is 111 Å². The van der Waals surface area contributed by atoms with Crippen molar-refractivity contribution in [1.82, 2.24) is 15.5 Å². The molecule has 23 heteroatoms. The number of nitrogens with zero attached hydrogens (tertiary/aromatic N) is 1. The topological polar surface area (TPSA) is 325 Å². The molecule has 2 aliphatic heterocycles. The number of aliphatic hydroxyl groups excluding tert-OH is 1. The molecule has 16 saturated carbocycles. The fourth-order valence-electron chi connectivity index (χ4n) is 30.7. The van der Waals surface area contributed by atoms with Gasteiger partial charge in [0.1, 0.15) is 46.5 Å². The first-order chi connectivity index (χ1) is 64.2. The van der Waals surface area contributed by atoms with E-state index in [1.165, 1.54) is 55.6 Å². The summed E-state index contributed by atoms with van der Waals surface area (Å²) in [7, 11) is 5.02. The number of likely N-dealkylation sites (tertiary alicyclic amines) is 1. The van der Waals surface area contributed by atoms with E-state index in [4.69, 9.17) is 29.8 Å². The standard InChI is InChI=1S/C36H44N2O5.C21H28O3.C21H26O3.C15H19NO2.C11H14O3.C9H13NO.B.Na.H/c1-22-11-23(2)13-25(12-22)21-37-33(41)36-17-24-14-27(19-36)32(28(15-24)20-36)43-34(42)38-9-7-35(8-10-38)18-26(16-31(39)40)29-5-3-4-6-30(29)35;2*1-13-5-14(9-18(6-13)24-2)3-4-19(22)21-10-15-7-16(11-21)20(23)17(8-15)12-21;17-14(18)9-11-10-15(5-7-16-8-6-15)13-4-2-1-3-12(11)13;12-9-7-1-6-2-8(9)5-11(3-6,4-7)10(13)14;1-7-3-8(6-10)5-9(4-7)11-2;;;/h3-6,11-13,24,26-28,32H,7-10,14-21H2,1-2H3,(H,37,41)(H,39,40);5-6,9,15-17,20,23H,3-4,7-8,10-12H2,1-2H3;5-6,9,15-17H,3-4,7-8,10-12H2,1-2H3;1-4,11,16H,5-10H2,(H,17,18);6-8H,1-5H2,(H,13,14);3-5H,6,10H2,1-2H3;;;/q;;;;;;;+1;-1. The Morgan fingerprint density at radius 3 is 1.27 bits per heavy atom. The minimum atomic E-state index is -0.755. The number of hydrogen-bond donors (Lipinski definition) is 7. The van der Waals surface area contributed by atoms with E-state index in [9.17, 15) is 58.5 Å². The summed E-state index contributed by atoms with van der Waals surface area (Å²) in [5, 5.41) is 44.9. The number of carboxylic acid groups (broad SMARTS) is 3. The molecular weight excluding hydrogens is 1720 g/mol. The van der Waals surface area contributed by atoms with Crippen LogP contribution in [0.15, 0.2) is 121 Å². The van der Waals surface area contributed by atoms with Gasteiger partial charge in [0.25, 0.3) is 0 Å². The number of nitrogens with one attached hydrogen (secondary N) is 2. The second-order valence-electron chi connectivity index (χ2n) is 45.0. The Morgan fingerprint density at radius 1 is 0.456 bits per heavy atom. The van der Waals surface area contributed by atoms with E-state index in [2.05, 4.69) is 105 Å². The number of carbonyl (C=O) groups is 9. The maximum Gasteiger partial charge on any atom is 1.00 e. The third-order valence-corrected chi connectivity index (χ3v) is 35.6. The fraction of sp³-hybridized carbons (Fsp3) is 0.602. The Morgan fingerprint density at radius 2 is 0.831 bits per heavy atom. The number of aliphatic hydroxyl groups is 1. The van der Waals surface area contributed by atoms with Gasteiger partial charge in [0.2, 0.25) is 5.91 Å². The molecule has 18 fully saturated rings. The van der Waals surface area contributed by atoms with Gasteiger partial charge in [0, 0.05) is 81.9 Å². The summed E-state index contributed by atoms with van der Waals surface area (Å²) in [4.78, 5) is 113. The average Bonchev–Trinajstić information content (AvgIpc) is 1.67. The summed E-state index contributed by atoms with van der Waals surface area (Å²) in [6.45, 7) is 14.8. The Labute approximate surface area is 829 Å². The smallest absolute Gasteiger partial charge is 1.00 e. The summed E-state index contributed by atoms with van der Waals surface area (Å²) in [5.74, 6) is 6.68. The van der Waals surface area contributed by atoms with Crippen LogP contribution in [-0.4, -0.2) is 146 Å². The Kier molecular flexibility index (Phi) is 31.6. The minimum absolute atomic E-state index is 0. The van der Waals surface area contributed by atoms with Crippen molar-refractivity contribution < 1.29 is 114 Å². The van der Waals surface area contributed by atoms with Crippen LogP contribution in [0.25, 0.3) is 0 Å². The number of nitrogens with two attached hydrogens (primary N) is 1. The van der Waals surface area contributed by atoms with Crippen LogP contribution in [0.2, 0.25) is 0 Å². The Hall–Kier alpha value is -8.51. The van der Waals surface area contributed by atoms with Crippen LogP contribution in [0.3, 0.4) is 0 Å². The summed E-state index contributed by atoms with van der Waals surface area (Å²) >= 11 is 0. The van der Waals surface area contributed by atoms with Crippen molar-refractivity contribution in [3.05, 3.63) is 194 Å². The van der Waals surface area contributed by atoms with Gasteiger partial charge in [-0.3, -0.25) is 38.4 Å². The SMILES string of the molecule is COc1cc(C)cc(CCC(=O)C23CC4CC(C2)C(=O)C(C4)C3)c1.COc1cc(C)cc(CCC(=O)C23CC4CC(C2)C(O)C(C4)C3)c1.COc1cc(C)cc(CN)c1.Cc1cc(C)cc(CNC(=O)C23CC4CC(C2)C(OC(=O)N2CCC5(CC2)CC(CC(=O)O)c2ccccc25)C(C4)C3)c1.O=C(O)CC1CC2(CCNCC2)c2ccccc21.O=C1C2CC3CC1CC(C(=O)O)(C3)C2.[B].[H-].[Na+]. The zero-order valence-electron chi connectivity index (χ0n) is 82.9. The van der Waals surface area contributed by atoms with Gasteiger partial charge in [-0.05, 0) is 395 Å². The van der Waals surface area contributed by atoms with Gasteiger partial charge in [0.15, 0.2) is 0 Å². The molecule has 2 heterocycles. The van der Waals surface area contributed by atoms with Crippen LogP contribution < -0.4 is 60.1 Å². The molecule has 10 unspecified atom stereocenters.